The van der Waals surface area contributed by atoms with Crippen LogP contribution >= 0.6 is 0 Å². The number of nitrogens with one attached hydrogen (secondary N) is 2. The van der Waals surface area contributed by atoms with Gasteiger partial charge < -0.3 is 15.4 Å². The van der Waals surface area contributed by atoms with E-state index in [9.17, 15) is 26.3 Å². The molecule has 3 aromatic heterocycles. The molecule has 9 nitrogen and oxygen atoms in total. The number of ether oxygens (including phenoxy) is 1. The summed E-state index contributed by atoms with van der Waals surface area (Å²) in [6.07, 6.45) is -7.59. The summed E-state index contributed by atoms with van der Waals surface area (Å²) in [7, 11) is 1.46. The monoisotopic (exact) mass is 474 g/mol. The highest BCUT2D eigenvalue weighted by molar-refractivity contribution is 5.57. The molecule has 0 saturated heterocycles. The van der Waals surface area contributed by atoms with Gasteiger partial charge in [-0.15, -0.1) is 0 Å². The third-order valence-corrected chi connectivity index (χ3v) is 3.88. The maximum Gasteiger partial charge on any atom is 0.433 e. The fourth-order valence-corrected chi connectivity index (χ4v) is 2.53. The van der Waals surface area contributed by atoms with Crippen LogP contribution in [-0.2, 0) is 17.1 Å². The van der Waals surface area contributed by atoms with Gasteiger partial charge in [0.05, 0.1) is 6.61 Å². The standard InChI is InChI=1S/C18H16F6N8O/c1-9(8-33-2)27-15-30-14(13-26-6-4-11(29-13)17(19,20)21)31-16(32-15)28-10-3-5-25-12(7-10)18(22,23)24/h3-7,9H,8H2,1-2H3,(H2,25,27,28,30,31,32). The fraction of sp³-hybridized carbons (Fsp3) is 0.333. The first-order valence-corrected chi connectivity index (χ1v) is 9.18. The lowest BCUT2D eigenvalue weighted by Crippen LogP contribution is -2.23. The van der Waals surface area contributed by atoms with E-state index in [0.29, 0.717) is 6.07 Å². The van der Waals surface area contributed by atoms with Crippen molar-refractivity contribution in [1.82, 2.24) is 29.9 Å². The number of methoxy groups -OCH3 is 1. The van der Waals surface area contributed by atoms with Crippen LogP contribution in [0.3, 0.4) is 0 Å². The second-order valence-corrected chi connectivity index (χ2v) is 6.62. The zero-order valence-electron chi connectivity index (χ0n) is 17.0. The lowest BCUT2D eigenvalue weighted by atomic mass is 10.3. The van der Waals surface area contributed by atoms with Crippen molar-refractivity contribution < 1.29 is 31.1 Å². The first-order valence-electron chi connectivity index (χ1n) is 9.18. The molecule has 3 aromatic rings. The molecule has 1 atom stereocenters. The van der Waals surface area contributed by atoms with E-state index >= 15 is 0 Å². The minimum absolute atomic E-state index is 0.0599. The van der Waals surface area contributed by atoms with E-state index in [2.05, 4.69) is 40.5 Å². The van der Waals surface area contributed by atoms with E-state index in [4.69, 9.17) is 4.74 Å². The third-order valence-electron chi connectivity index (χ3n) is 3.88. The quantitative estimate of drug-likeness (QED) is 0.492. The van der Waals surface area contributed by atoms with Crippen molar-refractivity contribution in [2.75, 3.05) is 24.4 Å². The molecule has 0 aromatic carbocycles. The van der Waals surface area contributed by atoms with Crippen molar-refractivity contribution >= 4 is 17.6 Å². The summed E-state index contributed by atoms with van der Waals surface area (Å²) in [5, 5.41) is 5.43. The zero-order valence-corrected chi connectivity index (χ0v) is 17.0. The lowest BCUT2D eigenvalue weighted by molar-refractivity contribution is -0.141. The number of hydrogen-bond acceptors (Lipinski definition) is 9. The minimum Gasteiger partial charge on any atom is -0.383 e. The van der Waals surface area contributed by atoms with Crippen molar-refractivity contribution in [2.24, 2.45) is 0 Å². The molecule has 0 amide bonds. The van der Waals surface area contributed by atoms with Gasteiger partial charge in [0.15, 0.2) is 5.82 Å². The van der Waals surface area contributed by atoms with Crippen molar-refractivity contribution in [3.05, 3.63) is 42.0 Å². The van der Waals surface area contributed by atoms with E-state index in [1.54, 1.807) is 6.92 Å². The van der Waals surface area contributed by atoms with Gasteiger partial charge in [0.2, 0.25) is 17.7 Å². The molecule has 2 N–H and O–H groups in total. The molecule has 1 unspecified atom stereocenters. The van der Waals surface area contributed by atoms with Gasteiger partial charge in [0.1, 0.15) is 11.4 Å². The molecule has 0 spiro atoms. The molecule has 0 saturated carbocycles. The number of pyridine rings is 1. The fourth-order valence-electron chi connectivity index (χ4n) is 2.53. The van der Waals surface area contributed by atoms with Crippen molar-refractivity contribution in [3.63, 3.8) is 0 Å². The number of aromatic nitrogens is 6. The summed E-state index contributed by atoms with van der Waals surface area (Å²) < 4.78 is 83.0. The third kappa shape index (κ3) is 6.44. The van der Waals surface area contributed by atoms with Crippen LogP contribution in [0.1, 0.15) is 18.3 Å². The maximum atomic E-state index is 13.0. The van der Waals surface area contributed by atoms with Crippen LogP contribution in [0.25, 0.3) is 11.6 Å². The highest BCUT2D eigenvalue weighted by Gasteiger charge is 2.34. The summed E-state index contributed by atoms with van der Waals surface area (Å²) in [5.74, 6) is -1.13. The van der Waals surface area contributed by atoms with E-state index in [1.165, 1.54) is 13.2 Å². The number of anilines is 3. The predicted molar refractivity (Wildman–Crippen MR) is 103 cm³/mol. The highest BCUT2D eigenvalue weighted by Crippen LogP contribution is 2.30. The minimum atomic E-state index is -4.73. The molecule has 3 rings (SSSR count). The molecule has 33 heavy (non-hydrogen) atoms. The molecular weight excluding hydrogens is 458 g/mol. The number of halogens is 6. The summed E-state index contributed by atoms with van der Waals surface area (Å²) in [6, 6.07) is 2.32. The van der Waals surface area contributed by atoms with Crippen LogP contribution in [0.15, 0.2) is 30.6 Å². The molecule has 0 aliphatic carbocycles. The van der Waals surface area contributed by atoms with E-state index in [1.807, 2.05) is 0 Å². The molecule has 3 heterocycles. The Morgan fingerprint density at radius 2 is 1.52 bits per heavy atom. The molecule has 176 valence electrons. The van der Waals surface area contributed by atoms with Gasteiger partial charge in [0.25, 0.3) is 0 Å². The van der Waals surface area contributed by atoms with Gasteiger partial charge in [-0.3, -0.25) is 4.98 Å². The Labute approximate surface area is 182 Å². The first kappa shape index (κ1) is 24.0. The Hall–Kier alpha value is -3.62. The molecule has 0 radical (unpaired) electrons. The van der Waals surface area contributed by atoms with Crippen LogP contribution in [-0.4, -0.2) is 49.7 Å². The summed E-state index contributed by atoms with van der Waals surface area (Å²) in [4.78, 5) is 22.5. The first-order chi connectivity index (χ1) is 15.5. The number of rotatable bonds is 7. The topological polar surface area (TPSA) is 111 Å². The van der Waals surface area contributed by atoms with Gasteiger partial charge in [-0.2, -0.15) is 41.3 Å². The van der Waals surface area contributed by atoms with E-state index in [-0.39, 0.29) is 36.1 Å². The molecule has 0 bridgehead atoms. The van der Waals surface area contributed by atoms with Crippen molar-refractivity contribution in [1.29, 1.82) is 0 Å². The van der Waals surface area contributed by atoms with Crippen LogP contribution in [0.2, 0.25) is 0 Å². The smallest absolute Gasteiger partial charge is 0.383 e. The second kappa shape index (κ2) is 9.48. The Kier molecular flexibility index (Phi) is 6.90. The largest absolute Gasteiger partial charge is 0.433 e. The normalized spacial score (nSPS) is 13.0. The van der Waals surface area contributed by atoms with Crippen molar-refractivity contribution in [2.45, 2.75) is 25.3 Å². The van der Waals surface area contributed by atoms with E-state index < -0.39 is 29.6 Å². The Balaban J connectivity index is 2.02. The highest BCUT2D eigenvalue weighted by atomic mass is 19.4. The number of nitrogens with zero attached hydrogens (tertiary/aromatic N) is 6. The van der Waals surface area contributed by atoms with Crippen LogP contribution < -0.4 is 10.6 Å². The molecule has 0 aliphatic rings. The molecule has 0 aliphatic heterocycles. The molecule has 15 heteroatoms. The predicted octanol–water partition coefficient (Wildman–Crippen LogP) is 3.95. The van der Waals surface area contributed by atoms with Gasteiger partial charge in [-0.25, -0.2) is 9.97 Å². The molecule has 0 fully saturated rings. The van der Waals surface area contributed by atoms with Crippen LogP contribution in [0.5, 0.6) is 0 Å². The lowest BCUT2D eigenvalue weighted by Gasteiger charge is -2.15. The van der Waals surface area contributed by atoms with Gasteiger partial charge in [-0.05, 0) is 25.1 Å². The second-order valence-electron chi connectivity index (χ2n) is 6.62. The number of hydrogen-bond donors (Lipinski definition) is 2. The maximum absolute atomic E-state index is 13.0. The summed E-state index contributed by atoms with van der Waals surface area (Å²) in [5.41, 5.74) is -2.43. The summed E-state index contributed by atoms with van der Waals surface area (Å²) >= 11 is 0. The van der Waals surface area contributed by atoms with Gasteiger partial charge in [0, 0.05) is 31.2 Å². The average Bonchev–Trinajstić information content (AvgIpc) is 2.73. The Bertz CT molecular complexity index is 1110. The van der Waals surface area contributed by atoms with Crippen LogP contribution in [0, 0.1) is 0 Å². The number of alkyl halides is 6. The Morgan fingerprint density at radius 1 is 0.848 bits per heavy atom. The summed E-state index contributed by atoms with van der Waals surface area (Å²) in [6.45, 7) is 1.96. The molecular formula is C18H16F6N8O. The van der Waals surface area contributed by atoms with Crippen molar-refractivity contribution in [3.8, 4) is 11.6 Å². The Morgan fingerprint density at radius 3 is 2.18 bits per heavy atom. The van der Waals surface area contributed by atoms with Crippen LogP contribution in [0.4, 0.5) is 43.9 Å². The SMILES string of the molecule is COCC(C)Nc1nc(Nc2ccnc(C(F)(F)F)c2)nc(-c2nccc(C(F)(F)F)n2)n1. The van der Waals surface area contributed by atoms with Gasteiger partial charge >= 0.3 is 12.4 Å². The van der Waals surface area contributed by atoms with E-state index in [0.717, 1.165) is 18.5 Å². The van der Waals surface area contributed by atoms with Gasteiger partial charge in [-0.1, -0.05) is 0 Å². The zero-order chi connectivity index (χ0) is 24.2. The average molecular weight is 474 g/mol.